The number of allylic oxidation sites excluding steroid dienone is 7. The quantitative estimate of drug-likeness (QED) is 0.0453. The Kier molecular flexibility index (Phi) is 16.0. The van der Waals surface area contributed by atoms with Gasteiger partial charge in [0.15, 0.2) is 12.4 Å². The third kappa shape index (κ3) is 11.2. The van der Waals surface area contributed by atoms with Crippen LogP contribution in [0.5, 0.6) is 5.75 Å². The highest BCUT2D eigenvalue weighted by atomic mass is 16.7. The summed E-state index contributed by atoms with van der Waals surface area (Å²) in [5.74, 6) is 1.84. The molecule has 1 aromatic rings. The number of rotatable bonds is 19. The lowest BCUT2D eigenvalue weighted by atomic mass is 9.50. The van der Waals surface area contributed by atoms with Crippen LogP contribution >= 0.6 is 0 Å². The smallest absolute Gasteiger partial charge is 0.498 e. The molecule has 0 amide bonds. The van der Waals surface area contributed by atoms with E-state index in [1.54, 1.807) is 6.08 Å². The van der Waals surface area contributed by atoms with E-state index in [-0.39, 0.29) is 54.0 Å². The summed E-state index contributed by atoms with van der Waals surface area (Å²) < 4.78 is 22.5. The van der Waals surface area contributed by atoms with Crippen LogP contribution in [0.1, 0.15) is 122 Å². The normalized spacial score (nSPS) is 34.8. The lowest BCUT2D eigenvalue weighted by Gasteiger charge is -2.54. The van der Waals surface area contributed by atoms with Crippen molar-refractivity contribution >= 4 is 17.7 Å². The van der Waals surface area contributed by atoms with Gasteiger partial charge in [-0.1, -0.05) is 74.1 Å². The van der Waals surface area contributed by atoms with Gasteiger partial charge < -0.3 is 39.4 Å². The third-order valence-electron chi connectivity index (χ3n) is 16.5. The molecule has 6 aliphatic carbocycles. The van der Waals surface area contributed by atoms with E-state index < -0.39 is 47.9 Å². The summed E-state index contributed by atoms with van der Waals surface area (Å²) in [6.45, 7) is 10.8. The van der Waals surface area contributed by atoms with Crippen LogP contribution in [0, 0.1) is 53.3 Å². The van der Waals surface area contributed by atoms with E-state index in [0.717, 1.165) is 82.0 Å². The molecule has 1 aromatic carbocycles. The van der Waals surface area contributed by atoms with Gasteiger partial charge in [-0.3, -0.25) is 9.59 Å². The van der Waals surface area contributed by atoms with E-state index in [9.17, 15) is 34.8 Å². The number of benzene rings is 1. The van der Waals surface area contributed by atoms with Crippen LogP contribution in [0.15, 0.2) is 84.2 Å². The van der Waals surface area contributed by atoms with Crippen molar-refractivity contribution in [2.24, 2.45) is 46.3 Å². The van der Waals surface area contributed by atoms with Gasteiger partial charge in [-0.2, -0.15) is 0 Å². The first-order valence-corrected chi connectivity index (χ1v) is 24.5. The van der Waals surface area contributed by atoms with Crippen molar-refractivity contribution in [3.63, 3.8) is 0 Å². The van der Waals surface area contributed by atoms with Gasteiger partial charge in [-0.15, -0.1) is 0 Å². The first-order valence-electron chi connectivity index (χ1n) is 24.5. The van der Waals surface area contributed by atoms with Gasteiger partial charge in [0.1, 0.15) is 24.1 Å². The van der Waals surface area contributed by atoms with Gasteiger partial charge in [0, 0.05) is 36.0 Å². The van der Waals surface area contributed by atoms with Gasteiger partial charge in [0.25, 0.3) is 0 Å². The molecule has 4 fully saturated rings. The van der Waals surface area contributed by atoms with E-state index in [0.29, 0.717) is 50.4 Å². The average molecular weight is 899 g/mol. The van der Waals surface area contributed by atoms with Crippen LogP contribution in [0.3, 0.4) is 0 Å². The molecule has 356 valence electrons. The number of hydrogen-bond donors (Lipinski definition) is 4. The molecular weight excluding hydrogens is 825 g/mol. The highest BCUT2D eigenvalue weighted by Gasteiger charge is 2.64. The van der Waals surface area contributed by atoms with Gasteiger partial charge in [0.05, 0.1) is 31.2 Å². The van der Waals surface area contributed by atoms with Crippen molar-refractivity contribution in [1.82, 2.24) is 0 Å². The molecule has 11 nitrogen and oxygen atoms in total. The number of aliphatic hydroxyl groups excluding tert-OH is 3. The molecule has 0 unspecified atom stereocenters. The molecular formula is C54H74O11. The molecule has 4 saturated carbocycles. The highest BCUT2D eigenvalue weighted by molar-refractivity contribution is 5.92. The van der Waals surface area contributed by atoms with Crippen LogP contribution in [0.4, 0.5) is 4.79 Å². The molecule has 0 saturated heterocycles. The lowest BCUT2D eigenvalue weighted by molar-refractivity contribution is -0.156. The number of carbonyl (C=O) groups excluding carboxylic acids is 3. The number of aryl methyl sites for hydroxylation is 1. The van der Waals surface area contributed by atoms with Crippen molar-refractivity contribution in [3.05, 3.63) is 89.8 Å². The number of fused-ring (bicyclic) bond motifs is 5. The fraction of sp³-hybridized carbons (Fsp3) is 0.648. The monoisotopic (exact) mass is 899 g/mol. The largest absolute Gasteiger partial charge is 0.508 e. The van der Waals surface area contributed by atoms with Crippen LogP contribution in [0.25, 0.3) is 0 Å². The van der Waals surface area contributed by atoms with E-state index in [1.165, 1.54) is 11.1 Å². The SMILES string of the molecule is C=C(CCC/C=C\C[C@@H]1[C@@H](/C=C/[C@@H](O)COc2cccc(C)c2)[C@H](O)C[C@@H]1O)OCC1CCC(COC(=O)OCC(=O)[C@@]2(O)CC[C@H]3[C@@H]4CCC5=CC(=O)CC[C@]5(C)C4=CC[C@@]32C)CC1. The zero-order valence-electron chi connectivity index (χ0n) is 39.0. The highest BCUT2D eigenvalue weighted by Crippen LogP contribution is 2.65. The van der Waals surface area contributed by atoms with Gasteiger partial charge >= 0.3 is 6.16 Å². The Hall–Kier alpha value is -4.03. The molecule has 7 rings (SSSR count). The number of ether oxygens (including phenoxy) is 4. The van der Waals surface area contributed by atoms with Crippen molar-refractivity contribution in [1.29, 1.82) is 0 Å². The van der Waals surface area contributed by atoms with E-state index in [2.05, 4.69) is 31.7 Å². The van der Waals surface area contributed by atoms with Crippen molar-refractivity contribution < 1.29 is 53.8 Å². The summed E-state index contributed by atoms with van der Waals surface area (Å²) in [7, 11) is 0. The Morgan fingerprint density at radius 3 is 2.46 bits per heavy atom. The fourth-order valence-corrected chi connectivity index (χ4v) is 12.4. The molecule has 0 bridgehead atoms. The summed E-state index contributed by atoms with van der Waals surface area (Å²) in [5.41, 5.74) is 1.34. The van der Waals surface area contributed by atoms with Crippen LogP contribution in [0.2, 0.25) is 0 Å². The Labute approximate surface area is 386 Å². The Bertz CT molecular complexity index is 1990. The van der Waals surface area contributed by atoms with Gasteiger partial charge in [0.2, 0.25) is 5.78 Å². The molecule has 0 heterocycles. The summed E-state index contributed by atoms with van der Waals surface area (Å²) >= 11 is 0. The predicted octanol–water partition coefficient (Wildman–Crippen LogP) is 9.01. The molecule has 0 radical (unpaired) electrons. The fourth-order valence-electron chi connectivity index (χ4n) is 12.4. The second kappa shape index (κ2) is 21.3. The first kappa shape index (κ1) is 48.9. The predicted molar refractivity (Wildman–Crippen MR) is 248 cm³/mol. The minimum atomic E-state index is -1.58. The molecule has 10 atom stereocenters. The maximum absolute atomic E-state index is 13.6. The maximum atomic E-state index is 13.6. The third-order valence-corrected chi connectivity index (χ3v) is 16.5. The first-order chi connectivity index (χ1) is 31.1. The van der Waals surface area contributed by atoms with E-state index in [4.69, 9.17) is 18.9 Å². The summed E-state index contributed by atoms with van der Waals surface area (Å²) in [6, 6.07) is 7.65. The Morgan fingerprint density at radius 1 is 0.954 bits per heavy atom. The molecule has 65 heavy (non-hydrogen) atoms. The van der Waals surface area contributed by atoms with Crippen LogP contribution in [-0.2, 0) is 23.8 Å². The number of ketones is 2. The molecule has 0 spiro atoms. The molecule has 4 N–H and O–H groups in total. The van der Waals surface area contributed by atoms with Crippen LogP contribution in [-0.4, -0.2) is 88.5 Å². The number of carbonyl (C=O) groups is 3. The minimum absolute atomic E-state index is 0.105. The molecule has 11 heteroatoms. The molecule has 0 aromatic heterocycles. The lowest BCUT2D eigenvalue weighted by Crippen LogP contribution is -2.55. The zero-order valence-corrected chi connectivity index (χ0v) is 39.0. The molecule has 0 aliphatic heterocycles. The summed E-state index contributed by atoms with van der Waals surface area (Å²) in [6.07, 6.45) is 20.7. The minimum Gasteiger partial charge on any atom is -0.498 e. The van der Waals surface area contributed by atoms with Crippen molar-refractivity contribution in [3.8, 4) is 5.75 Å². The topological polar surface area (TPSA) is 169 Å². The summed E-state index contributed by atoms with van der Waals surface area (Å²) in [5, 5.41) is 43.7. The van der Waals surface area contributed by atoms with E-state index >= 15 is 0 Å². The van der Waals surface area contributed by atoms with E-state index in [1.807, 2.05) is 50.3 Å². The van der Waals surface area contributed by atoms with Crippen molar-refractivity contribution in [2.45, 2.75) is 147 Å². The van der Waals surface area contributed by atoms with Gasteiger partial charge in [-0.05, 0) is 144 Å². The standard InChI is InChI=1S/C54H74O11/c1-35-10-9-12-42(28-35)63-33-41(56)19-21-44-43(48(57)30-49(44)58)13-8-6-5-7-11-36(2)62-31-37-14-16-38(17-15-37)32-64-51(60)65-34-50(59)54(61)27-24-47-45-20-18-39-29-40(55)22-25-52(39,3)46(45)23-26-53(47,54)4/h6,8-10,12,19,21,23,28-29,37-38,41,43-45,47-49,56-58,61H,2,5,7,11,13-18,20,22,24-27,30-34H2,1,3-4H3/b8-6-,21-19+/t37?,38?,41-,43-,44-,45-,47+,48+,49-,52+,53+,54+/m1/s1. The Morgan fingerprint density at radius 2 is 1.71 bits per heavy atom. The van der Waals surface area contributed by atoms with Gasteiger partial charge in [-0.25, -0.2) is 4.79 Å². The Balaban J connectivity index is 0.743. The number of hydrogen-bond acceptors (Lipinski definition) is 11. The molecule has 6 aliphatic rings. The number of unbranched alkanes of at least 4 members (excludes halogenated alkanes) is 1. The maximum Gasteiger partial charge on any atom is 0.508 e. The summed E-state index contributed by atoms with van der Waals surface area (Å²) in [4.78, 5) is 38.5. The van der Waals surface area contributed by atoms with Crippen molar-refractivity contribution in [2.75, 3.05) is 26.4 Å². The number of aliphatic hydroxyl groups is 4. The average Bonchev–Trinajstić information content (AvgIpc) is 3.73. The van der Waals surface area contributed by atoms with Crippen LogP contribution < -0.4 is 4.74 Å². The second-order valence-electron chi connectivity index (χ2n) is 20.7. The number of Topliss-reactive ketones (excluding diaryl/α,β-unsaturated/α-hetero) is 1. The zero-order chi connectivity index (χ0) is 46.4. The second-order valence-corrected chi connectivity index (χ2v) is 20.7.